The van der Waals surface area contributed by atoms with Crippen LogP contribution in [0.3, 0.4) is 0 Å². The smallest absolute Gasteiger partial charge is 0.255 e. The maximum absolute atomic E-state index is 13.5. The fourth-order valence-electron chi connectivity index (χ4n) is 1.87. The number of carbonyl (C=O) groups excluding carboxylic acids is 1. The van der Waals surface area contributed by atoms with Gasteiger partial charge < -0.3 is 10.4 Å². The van der Waals surface area contributed by atoms with Crippen LogP contribution in [0.15, 0.2) is 34.8 Å². The van der Waals surface area contributed by atoms with E-state index in [0.717, 1.165) is 5.56 Å². The number of halogens is 2. The molecule has 104 valence electrons. The van der Waals surface area contributed by atoms with E-state index in [9.17, 15) is 14.3 Å². The van der Waals surface area contributed by atoms with E-state index in [4.69, 9.17) is 0 Å². The minimum absolute atomic E-state index is 0.102. The number of carbonyl (C=O) groups is 1. The van der Waals surface area contributed by atoms with Gasteiger partial charge in [-0.05, 0) is 71.2 Å². The summed E-state index contributed by atoms with van der Waals surface area (Å²) in [5.41, 5.74) is 2.26. The molecule has 0 spiro atoms. The highest BCUT2D eigenvalue weighted by Gasteiger charge is 2.12. The second kappa shape index (κ2) is 5.63. The summed E-state index contributed by atoms with van der Waals surface area (Å²) in [4.78, 5) is 12.2. The summed E-state index contributed by atoms with van der Waals surface area (Å²) in [6.07, 6.45) is 0. The van der Waals surface area contributed by atoms with Crippen LogP contribution in [0.1, 0.15) is 21.5 Å². The summed E-state index contributed by atoms with van der Waals surface area (Å²) in [6.45, 7) is 3.51. The maximum atomic E-state index is 13.5. The zero-order valence-electron chi connectivity index (χ0n) is 11.0. The highest BCUT2D eigenvalue weighted by molar-refractivity contribution is 9.10. The Bertz CT molecular complexity index is 686. The van der Waals surface area contributed by atoms with Crippen molar-refractivity contribution in [1.29, 1.82) is 0 Å². The van der Waals surface area contributed by atoms with Gasteiger partial charge in [0.25, 0.3) is 5.91 Å². The van der Waals surface area contributed by atoms with Crippen LogP contribution in [0.2, 0.25) is 0 Å². The van der Waals surface area contributed by atoms with Gasteiger partial charge in [0.2, 0.25) is 0 Å². The van der Waals surface area contributed by atoms with Gasteiger partial charge in [0.15, 0.2) is 0 Å². The third-order valence-electron chi connectivity index (χ3n) is 2.97. The number of nitrogens with one attached hydrogen (secondary N) is 1. The molecule has 0 heterocycles. The topological polar surface area (TPSA) is 49.3 Å². The van der Waals surface area contributed by atoms with E-state index in [1.165, 1.54) is 24.3 Å². The number of phenolic OH excluding ortho intramolecular Hbond substituents is 1. The lowest BCUT2D eigenvalue weighted by molar-refractivity contribution is 0.102. The molecule has 0 aliphatic heterocycles. The second-order valence-corrected chi connectivity index (χ2v) is 5.39. The van der Waals surface area contributed by atoms with Crippen LogP contribution >= 0.6 is 15.9 Å². The summed E-state index contributed by atoms with van der Waals surface area (Å²) in [7, 11) is 0. The summed E-state index contributed by atoms with van der Waals surface area (Å²) < 4.78 is 13.9. The van der Waals surface area contributed by atoms with Crippen molar-refractivity contribution in [3.8, 4) is 5.75 Å². The molecule has 0 saturated carbocycles. The predicted molar refractivity (Wildman–Crippen MR) is 79.6 cm³/mol. The van der Waals surface area contributed by atoms with E-state index in [0.29, 0.717) is 21.3 Å². The average molecular weight is 338 g/mol. The van der Waals surface area contributed by atoms with E-state index >= 15 is 0 Å². The second-order valence-electron chi connectivity index (χ2n) is 4.53. The van der Waals surface area contributed by atoms with E-state index in [1.54, 1.807) is 19.9 Å². The Morgan fingerprint density at radius 1 is 1.20 bits per heavy atom. The first kappa shape index (κ1) is 14.5. The first-order chi connectivity index (χ1) is 9.38. The molecule has 0 aromatic heterocycles. The average Bonchev–Trinajstić information content (AvgIpc) is 2.35. The van der Waals surface area contributed by atoms with Crippen LogP contribution in [-0.4, -0.2) is 11.0 Å². The maximum Gasteiger partial charge on any atom is 0.255 e. The largest absolute Gasteiger partial charge is 0.508 e. The predicted octanol–water partition coefficient (Wildman–Crippen LogP) is 4.16. The van der Waals surface area contributed by atoms with Crippen LogP contribution in [0, 0.1) is 19.7 Å². The number of rotatable bonds is 2. The Labute approximate surface area is 124 Å². The summed E-state index contributed by atoms with van der Waals surface area (Å²) in [6, 6.07) is 7.35. The molecule has 0 unspecified atom stereocenters. The van der Waals surface area contributed by atoms with Crippen molar-refractivity contribution in [2.45, 2.75) is 13.8 Å². The summed E-state index contributed by atoms with van der Waals surface area (Å²) >= 11 is 3.10. The number of benzene rings is 2. The van der Waals surface area contributed by atoms with Crippen LogP contribution in [0.4, 0.5) is 10.1 Å². The number of hydrogen-bond donors (Lipinski definition) is 2. The molecule has 2 aromatic carbocycles. The highest BCUT2D eigenvalue weighted by Crippen LogP contribution is 2.25. The highest BCUT2D eigenvalue weighted by atomic mass is 79.9. The number of phenols is 1. The van der Waals surface area contributed by atoms with Crippen LogP contribution in [0.5, 0.6) is 5.75 Å². The van der Waals surface area contributed by atoms with Crippen molar-refractivity contribution >= 4 is 27.5 Å². The number of amides is 1. The van der Waals surface area contributed by atoms with Crippen LogP contribution in [-0.2, 0) is 0 Å². The molecule has 0 bridgehead atoms. The summed E-state index contributed by atoms with van der Waals surface area (Å²) in [5, 5.41) is 12.0. The van der Waals surface area contributed by atoms with Gasteiger partial charge in [0.05, 0.1) is 4.47 Å². The third-order valence-corrected chi connectivity index (χ3v) is 3.58. The van der Waals surface area contributed by atoms with Gasteiger partial charge in [-0.15, -0.1) is 0 Å². The molecular formula is C15H13BrFNO2. The molecule has 0 atom stereocenters. The molecule has 2 N–H and O–H groups in total. The fourth-order valence-corrected chi connectivity index (χ4v) is 2.33. The normalized spacial score (nSPS) is 10.4. The molecule has 3 nitrogen and oxygen atoms in total. The molecule has 0 radical (unpaired) electrons. The molecule has 0 aliphatic carbocycles. The van der Waals surface area contributed by atoms with Crippen molar-refractivity contribution in [2.75, 3.05) is 5.32 Å². The zero-order chi connectivity index (χ0) is 14.9. The quantitative estimate of drug-likeness (QED) is 0.864. The molecule has 0 saturated heterocycles. The molecule has 1 amide bonds. The molecule has 0 aliphatic rings. The van der Waals surface area contributed by atoms with Crippen LogP contribution in [0.25, 0.3) is 0 Å². The lowest BCUT2D eigenvalue weighted by Crippen LogP contribution is -2.14. The van der Waals surface area contributed by atoms with Gasteiger partial charge in [-0.1, -0.05) is 0 Å². The van der Waals surface area contributed by atoms with Crippen molar-refractivity contribution in [3.05, 3.63) is 57.3 Å². The first-order valence-corrected chi connectivity index (χ1v) is 6.74. The molecule has 20 heavy (non-hydrogen) atoms. The lowest BCUT2D eigenvalue weighted by atomic mass is 10.1. The van der Waals surface area contributed by atoms with Gasteiger partial charge >= 0.3 is 0 Å². The fraction of sp³-hybridized carbons (Fsp3) is 0.133. The monoisotopic (exact) mass is 337 g/mol. The number of hydrogen-bond acceptors (Lipinski definition) is 2. The van der Waals surface area contributed by atoms with E-state index < -0.39 is 5.82 Å². The molecule has 2 aromatic rings. The van der Waals surface area contributed by atoms with Gasteiger partial charge in [-0.25, -0.2) is 4.39 Å². The summed E-state index contributed by atoms with van der Waals surface area (Å²) in [5.74, 6) is -0.675. The van der Waals surface area contributed by atoms with E-state index in [-0.39, 0.29) is 11.7 Å². The Morgan fingerprint density at radius 3 is 2.55 bits per heavy atom. The van der Waals surface area contributed by atoms with Gasteiger partial charge in [0, 0.05) is 11.3 Å². The third kappa shape index (κ3) is 2.99. The molecule has 2 rings (SSSR count). The molecular weight excluding hydrogens is 325 g/mol. The number of anilines is 1. The van der Waals surface area contributed by atoms with Gasteiger partial charge in [0.1, 0.15) is 11.6 Å². The SMILES string of the molecule is Cc1cc(Br)c(F)cc1NC(=O)c1ccc(O)cc1C. The minimum Gasteiger partial charge on any atom is -0.508 e. The van der Waals surface area contributed by atoms with E-state index in [2.05, 4.69) is 21.2 Å². The Balaban J connectivity index is 2.30. The van der Waals surface area contributed by atoms with E-state index in [1.807, 2.05) is 0 Å². The van der Waals surface area contributed by atoms with Gasteiger partial charge in [-0.2, -0.15) is 0 Å². The van der Waals surface area contributed by atoms with Crippen LogP contribution < -0.4 is 5.32 Å². The van der Waals surface area contributed by atoms with Crippen molar-refractivity contribution in [1.82, 2.24) is 0 Å². The minimum atomic E-state index is -0.437. The first-order valence-electron chi connectivity index (χ1n) is 5.95. The van der Waals surface area contributed by atoms with Gasteiger partial charge in [-0.3, -0.25) is 4.79 Å². The van der Waals surface area contributed by atoms with Crippen molar-refractivity contribution in [3.63, 3.8) is 0 Å². The number of aromatic hydroxyl groups is 1. The Morgan fingerprint density at radius 2 is 1.90 bits per heavy atom. The number of aryl methyl sites for hydroxylation is 2. The standard InChI is InChI=1S/C15H13BrFNO2/c1-8-5-10(19)3-4-11(8)15(20)18-14-7-13(17)12(16)6-9(14)2/h3-7,19H,1-2H3,(H,18,20). The lowest BCUT2D eigenvalue weighted by Gasteiger charge is -2.11. The Kier molecular flexibility index (Phi) is 4.09. The van der Waals surface area contributed by atoms with Crippen molar-refractivity contribution in [2.24, 2.45) is 0 Å². The molecule has 5 heteroatoms. The Hall–Kier alpha value is -1.88. The van der Waals surface area contributed by atoms with Crippen molar-refractivity contribution < 1.29 is 14.3 Å². The zero-order valence-corrected chi connectivity index (χ0v) is 12.6. The molecule has 0 fully saturated rings.